The maximum absolute atomic E-state index is 12.2. The maximum atomic E-state index is 12.2. The van der Waals surface area contributed by atoms with Gasteiger partial charge in [0.1, 0.15) is 0 Å². The van der Waals surface area contributed by atoms with Crippen molar-refractivity contribution in [2.75, 3.05) is 18.6 Å². The van der Waals surface area contributed by atoms with Crippen LogP contribution in [-0.2, 0) is 9.84 Å². The predicted octanol–water partition coefficient (Wildman–Crippen LogP) is 1.32. The molecule has 4 nitrogen and oxygen atoms in total. The molecule has 0 radical (unpaired) electrons. The minimum absolute atomic E-state index is 0.0698. The van der Waals surface area contributed by atoms with Gasteiger partial charge < -0.3 is 4.90 Å². The Morgan fingerprint density at radius 1 is 1.53 bits per heavy atom. The standard InChI is InChI=1S/C11H15NO3S2/c1-8-3-5-16-10(8)11(13)12(2)9-4-6-17(14,15)7-9/h3,5,9H,4,6-7H2,1-2H3/t9-/m0/s1. The fourth-order valence-corrected chi connectivity index (χ4v) is 4.68. The van der Waals surface area contributed by atoms with E-state index >= 15 is 0 Å². The lowest BCUT2D eigenvalue weighted by Gasteiger charge is -2.23. The van der Waals surface area contributed by atoms with E-state index in [1.54, 1.807) is 11.9 Å². The lowest BCUT2D eigenvalue weighted by Crippen LogP contribution is -2.37. The number of rotatable bonds is 2. The van der Waals surface area contributed by atoms with Gasteiger partial charge in [-0.15, -0.1) is 11.3 Å². The van der Waals surface area contributed by atoms with Crippen LogP contribution in [0.3, 0.4) is 0 Å². The molecule has 0 N–H and O–H groups in total. The van der Waals surface area contributed by atoms with E-state index in [-0.39, 0.29) is 23.5 Å². The van der Waals surface area contributed by atoms with Crippen LogP contribution in [0.5, 0.6) is 0 Å². The quantitative estimate of drug-likeness (QED) is 0.816. The zero-order chi connectivity index (χ0) is 12.6. The van der Waals surface area contributed by atoms with Crippen LogP contribution < -0.4 is 0 Å². The molecule has 1 aromatic rings. The molecule has 0 saturated carbocycles. The molecule has 1 aliphatic rings. The summed E-state index contributed by atoms with van der Waals surface area (Å²) in [5.74, 6) is 0.220. The summed E-state index contributed by atoms with van der Waals surface area (Å²) in [5, 5.41) is 1.88. The van der Waals surface area contributed by atoms with Crippen molar-refractivity contribution < 1.29 is 13.2 Å². The van der Waals surface area contributed by atoms with Crippen molar-refractivity contribution >= 4 is 27.1 Å². The van der Waals surface area contributed by atoms with Crippen LogP contribution in [0.2, 0.25) is 0 Å². The summed E-state index contributed by atoms with van der Waals surface area (Å²) in [4.78, 5) is 14.4. The first kappa shape index (κ1) is 12.6. The number of amides is 1. The molecule has 0 unspecified atom stereocenters. The summed E-state index contributed by atoms with van der Waals surface area (Å²) in [6, 6.07) is 1.73. The molecule has 17 heavy (non-hydrogen) atoms. The van der Waals surface area contributed by atoms with Crippen molar-refractivity contribution in [3.63, 3.8) is 0 Å². The second-order valence-corrected chi connectivity index (χ2v) is 7.55. The fourth-order valence-electron chi connectivity index (χ4n) is 2.00. The van der Waals surface area contributed by atoms with E-state index in [1.165, 1.54) is 11.3 Å². The van der Waals surface area contributed by atoms with Crippen molar-refractivity contribution in [1.29, 1.82) is 0 Å². The van der Waals surface area contributed by atoms with Gasteiger partial charge in [-0.1, -0.05) is 0 Å². The highest BCUT2D eigenvalue weighted by molar-refractivity contribution is 7.91. The number of carbonyl (C=O) groups excluding carboxylic acids is 1. The van der Waals surface area contributed by atoms with Crippen molar-refractivity contribution in [2.24, 2.45) is 0 Å². The Hall–Kier alpha value is -0.880. The highest BCUT2D eigenvalue weighted by Crippen LogP contribution is 2.22. The number of aryl methyl sites for hydroxylation is 1. The van der Waals surface area contributed by atoms with Gasteiger partial charge in [0.2, 0.25) is 0 Å². The second-order valence-electron chi connectivity index (χ2n) is 4.41. The number of hydrogen-bond donors (Lipinski definition) is 0. The van der Waals surface area contributed by atoms with Crippen LogP contribution in [0, 0.1) is 6.92 Å². The monoisotopic (exact) mass is 273 g/mol. The SMILES string of the molecule is Cc1ccsc1C(=O)N(C)[C@H]1CCS(=O)(=O)C1. The summed E-state index contributed by atoms with van der Waals surface area (Å²) in [5.41, 5.74) is 0.952. The van der Waals surface area contributed by atoms with Crippen LogP contribution in [0.15, 0.2) is 11.4 Å². The summed E-state index contributed by atoms with van der Waals surface area (Å²) in [6.07, 6.45) is 0.551. The van der Waals surface area contributed by atoms with Crippen LogP contribution in [0.4, 0.5) is 0 Å². The Kier molecular flexibility index (Phi) is 3.27. The summed E-state index contributed by atoms with van der Waals surface area (Å²) >= 11 is 1.40. The molecule has 2 heterocycles. The Balaban J connectivity index is 2.14. The Labute approximate surface area is 105 Å². The van der Waals surface area contributed by atoms with Crippen molar-refractivity contribution in [1.82, 2.24) is 4.90 Å². The van der Waals surface area contributed by atoms with Crippen molar-refractivity contribution in [3.05, 3.63) is 21.9 Å². The Bertz CT molecular complexity index is 533. The normalized spacial score (nSPS) is 22.6. The average molecular weight is 273 g/mol. The van der Waals surface area contributed by atoms with Gasteiger partial charge in [-0.25, -0.2) is 8.42 Å². The van der Waals surface area contributed by atoms with Crippen LogP contribution in [-0.4, -0.2) is 43.8 Å². The molecule has 1 aliphatic heterocycles. The number of hydrogen-bond acceptors (Lipinski definition) is 4. The molecule has 1 amide bonds. The van der Waals surface area contributed by atoms with Crippen LogP contribution in [0.1, 0.15) is 21.7 Å². The highest BCUT2D eigenvalue weighted by atomic mass is 32.2. The first-order valence-electron chi connectivity index (χ1n) is 5.42. The number of nitrogens with zero attached hydrogens (tertiary/aromatic N) is 1. The molecule has 1 atom stereocenters. The summed E-state index contributed by atoms with van der Waals surface area (Å²) in [7, 11) is -1.26. The van der Waals surface area contributed by atoms with Crippen molar-refractivity contribution in [2.45, 2.75) is 19.4 Å². The van der Waals surface area contributed by atoms with Gasteiger partial charge in [0, 0.05) is 13.1 Å². The lowest BCUT2D eigenvalue weighted by molar-refractivity contribution is 0.0752. The van der Waals surface area contributed by atoms with Gasteiger partial charge >= 0.3 is 0 Å². The third-order valence-corrected chi connectivity index (χ3v) is 5.89. The second kappa shape index (κ2) is 4.42. The van der Waals surface area contributed by atoms with Crippen LogP contribution >= 0.6 is 11.3 Å². The van der Waals surface area contributed by atoms with E-state index in [4.69, 9.17) is 0 Å². The topological polar surface area (TPSA) is 54.5 Å². The summed E-state index contributed by atoms with van der Waals surface area (Å²) < 4.78 is 22.8. The molecule has 0 aliphatic carbocycles. The van der Waals surface area contributed by atoms with E-state index in [0.29, 0.717) is 11.3 Å². The van der Waals surface area contributed by atoms with E-state index in [9.17, 15) is 13.2 Å². The summed E-state index contributed by atoms with van der Waals surface area (Å²) in [6.45, 7) is 1.89. The molecule has 1 aromatic heterocycles. The molecule has 0 aromatic carbocycles. The average Bonchev–Trinajstić information content (AvgIpc) is 2.82. The zero-order valence-electron chi connectivity index (χ0n) is 9.84. The Morgan fingerprint density at radius 3 is 2.71 bits per heavy atom. The van der Waals surface area contributed by atoms with Gasteiger partial charge in [-0.2, -0.15) is 0 Å². The van der Waals surface area contributed by atoms with E-state index in [2.05, 4.69) is 0 Å². The molecule has 6 heteroatoms. The van der Waals surface area contributed by atoms with Gasteiger partial charge in [-0.3, -0.25) is 4.79 Å². The molecule has 1 saturated heterocycles. The molecule has 0 spiro atoms. The molecule has 1 fully saturated rings. The van der Waals surface area contributed by atoms with Gasteiger partial charge in [0.25, 0.3) is 5.91 Å². The van der Waals surface area contributed by atoms with Gasteiger partial charge in [0.15, 0.2) is 9.84 Å². The van der Waals surface area contributed by atoms with E-state index in [1.807, 2.05) is 18.4 Å². The maximum Gasteiger partial charge on any atom is 0.264 e. The molecular weight excluding hydrogens is 258 g/mol. The predicted molar refractivity (Wildman–Crippen MR) is 68.2 cm³/mol. The molecule has 2 rings (SSSR count). The third kappa shape index (κ3) is 2.52. The first-order chi connectivity index (χ1) is 7.91. The minimum Gasteiger partial charge on any atom is -0.337 e. The lowest BCUT2D eigenvalue weighted by atomic mass is 10.2. The highest BCUT2D eigenvalue weighted by Gasteiger charge is 2.33. The van der Waals surface area contributed by atoms with Crippen LogP contribution in [0.25, 0.3) is 0 Å². The molecule has 94 valence electrons. The van der Waals surface area contributed by atoms with E-state index < -0.39 is 9.84 Å². The number of thiophene rings is 1. The van der Waals surface area contributed by atoms with Gasteiger partial charge in [0.05, 0.1) is 16.4 Å². The fraction of sp³-hybridized carbons (Fsp3) is 0.545. The Morgan fingerprint density at radius 2 is 2.24 bits per heavy atom. The largest absolute Gasteiger partial charge is 0.337 e. The van der Waals surface area contributed by atoms with Gasteiger partial charge in [-0.05, 0) is 30.4 Å². The smallest absolute Gasteiger partial charge is 0.264 e. The number of sulfone groups is 1. The zero-order valence-corrected chi connectivity index (χ0v) is 11.5. The number of carbonyl (C=O) groups is 1. The minimum atomic E-state index is -2.94. The van der Waals surface area contributed by atoms with E-state index in [0.717, 1.165) is 5.56 Å². The molecular formula is C11H15NO3S2. The third-order valence-electron chi connectivity index (χ3n) is 3.13. The van der Waals surface area contributed by atoms with Crippen molar-refractivity contribution in [3.8, 4) is 0 Å². The molecule has 0 bridgehead atoms. The first-order valence-corrected chi connectivity index (χ1v) is 8.12.